The number of nitrogens with zero attached hydrogens (tertiary/aromatic N) is 3. The first-order valence-electron chi connectivity index (χ1n) is 5.00. The Bertz CT molecular complexity index is 540. The number of carbonyl (C=O) groups is 2. The highest BCUT2D eigenvalue weighted by Gasteiger charge is 2.24. The monoisotopic (exact) mass is 247 g/mol. The van der Waals surface area contributed by atoms with E-state index >= 15 is 0 Å². The Balaban J connectivity index is 2.18. The summed E-state index contributed by atoms with van der Waals surface area (Å²) >= 11 is 0. The summed E-state index contributed by atoms with van der Waals surface area (Å²) in [6.45, 7) is 0. The van der Waals surface area contributed by atoms with Crippen LogP contribution >= 0.6 is 0 Å². The lowest BCUT2D eigenvalue weighted by Gasteiger charge is -2.13. The van der Waals surface area contributed by atoms with Gasteiger partial charge in [-0.2, -0.15) is 5.21 Å². The molecular formula is C10H9N5O3. The molecule has 2 rings (SSSR count). The number of amides is 1. The first-order chi connectivity index (χ1) is 8.68. The van der Waals surface area contributed by atoms with Crippen molar-refractivity contribution in [2.45, 2.75) is 6.04 Å². The van der Waals surface area contributed by atoms with Gasteiger partial charge in [-0.15, -0.1) is 10.2 Å². The van der Waals surface area contributed by atoms with Gasteiger partial charge >= 0.3 is 5.97 Å². The largest absolute Gasteiger partial charge is 0.479 e. The van der Waals surface area contributed by atoms with Crippen LogP contribution in [0, 0.1) is 0 Å². The van der Waals surface area contributed by atoms with Gasteiger partial charge < -0.3 is 10.4 Å². The van der Waals surface area contributed by atoms with E-state index in [0.29, 0.717) is 5.56 Å². The maximum absolute atomic E-state index is 11.6. The molecule has 0 unspecified atom stereocenters. The molecule has 8 nitrogen and oxygen atoms in total. The minimum atomic E-state index is -1.17. The lowest BCUT2D eigenvalue weighted by molar-refractivity contribution is -0.139. The summed E-state index contributed by atoms with van der Waals surface area (Å²) in [5.41, 5.74) is 0.460. The fourth-order valence-corrected chi connectivity index (χ4v) is 1.39. The Kier molecular flexibility index (Phi) is 3.28. The molecular weight excluding hydrogens is 238 g/mol. The van der Waals surface area contributed by atoms with Crippen molar-refractivity contribution >= 4 is 11.9 Å². The van der Waals surface area contributed by atoms with Crippen LogP contribution in [0.15, 0.2) is 30.3 Å². The van der Waals surface area contributed by atoms with E-state index in [-0.39, 0.29) is 5.82 Å². The highest BCUT2D eigenvalue weighted by atomic mass is 16.4. The minimum Gasteiger partial charge on any atom is -0.479 e. The van der Waals surface area contributed by atoms with Crippen LogP contribution in [0.25, 0.3) is 0 Å². The SMILES string of the molecule is O=C(N[C@H](C(=O)O)c1ccccc1)c1nn[nH]n1. The molecule has 1 heterocycles. The summed E-state index contributed by atoms with van der Waals surface area (Å²) in [6.07, 6.45) is 0. The Hall–Kier alpha value is -2.77. The number of carboxylic acid groups (broad SMARTS) is 1. The molecule has 1 atom stereocenters. The van der Waals surface area contributed by atoms with Crippen LogP contribution in [0.1, 0.15) is 22.2 Å². The normalized spacial score (nSPS) is 11.8. The van der Waals surface area contributed by atoms with Gasteiger partial charge in [0.05, 0.1) is 0 Å². The van der Waals surface area contributed by atoms with Crippen molar-refractivity contribution < 1.29 is 14.7 Å². The van der Waals surface area contributed by atoms with Gasteiger partial charge in [0.2, 0.25) is 0 Å². The van der Waals surface area contributed by atoms with Gasteiger partial charge in [-0.25, -0.2) is 4.79 Å². The predicted molar refractivity (Wildman–Crippen MR) is 58.5 cm³/mol. The van der Waals surface area contributed by atoms with Gasteiger partial charge in [0, 0.05) is 0 Å². The van der Waals surface area contributed by atoms with Crippen LogP contribution in [0.4, 0.5) is 0 Å². The van der Waals surface area contributed by atoms with Gasteiger partial charge in [0.25, 0.3) is 11.7 Å². The van der Waals surface area contributed by atoms with Crippen molar-refractivity contribution in [3.8, 4) is 0 Å². The standard InChI is InChI=1S/C10H9N5O3/c16-9(8-12-14-15-13-8)11-7(10(17)18)6-4-2-1-3-5-6/h1-5,7H,(H,11,16)(H,17,18)(H,12,13,14,15)/t7-/m0/s1. The molecule has 1 aromatic heterocycles. The highest BCUT2D eigenvalue weighted by Crippen LogP contribution is 2.12. The number of hydrogen-bond acceptors (Lipinski definition) is 5. The quantitative estimate of drug-likeness (QED) is 0.685. The van der Waals surface area contributed by atoms with Crippen molar-refractivity contribution in [2.24, 2.45) is 0 Å². The van der Waals surface area contributed by atoms with Crippen LogP contribution in [0.3, 0.4) is 0 Å². The van der Waals surface area contributed by atoms with Crippen LogP contribution < -0.4 is 5.32 Å². The molecule has 1 aromatic carbocycles. The summed E-state index contributed by atoms with van der Waals surface area (Å²) in [6, 6.07) is 7.18. The zero-order valence-corrected chi connectivity index (χ0v) is 9.07. The molecule has 0 aliphatic heterocycles. The molecule has 0 spiro atoms. The molecule has 3 N–H and O–H groups in total. The molecule has 92 valence electrons. The number of aromatic amines is 1. The van der Waals surface area contributed by atoms with Crippen molar-refractivity contribution in [1.29, 1.82) is 0 Å². The van der Waals surface area contributed by atoms with E-state index in [1.807, 2.05) is 0 Å². The maximum Gasteiger partial charge on any atom is 0.330 e. The van der Waals surface area contributed by atoms with Gasteiger partial charge in [-0.1, -0.05) is 30.3 Å². The Labute approximate surface area is 101 Å². The van der Waals surface area contributed by atoms with Gasteiger partial charge in [-0.05, 0) is 10.8 Å². The molecule has 2 aromatic rings. The number of carboxylic acids is 1. The molecule has 0 radical (unpaired) electrons. The van der Waals surface area contributed by atoms with E-state index in [1.54, 1.807) is 30.3 Å². The minimum absolute atomic E-state index is 0.211. The lowest BCUT2D eigenvalue weighted by atomic mass is 10.1. The van der Waals surface area contributed by atoms with E-state index in [1.165, 1.54) is 0 Å². The van der Waals surface area contributed by atoms with E-state index in [9.17, 15) is 9.59 Å². The second-order valence-electron chi connectivity index (χ2n) is 3.39. The molecule has 0 saturated carbocycles. The van der Waals surface area contributed by atoms with Crippen molar-refractivity contribution in [3.63, 3.8) is 0 Å². The Morgan fingerprint density at radius 2 is 2.00 bits per heavy atom. The van der Waals surface area contributed by atoms with Gasteiger partial charge in [-0.3, -0.25) is 4.79 Å². The second-order valence-corrected chi connectivity index (χ2v) is 3.39. The molecule has 0 fully saturated rings. The van der Waals surface area contributed by atoms with Crippen LogP contribution in [0.2, 0.25) is 0 Å². The van der Waals surface area contributed by atoms with Crippen LogP contribution in [0.5, 0.6) is 0 Å². The number of aliphatic carboxylic acids is 1. The molecule has 0 aliphatic rings. The average molecular weight is 247 g/mol. The first-order valence-corrected chi connectivity index (χ1v) is 5.00. The summed E-state index contributed by atoms with van der Waals surface area (Å²) < 4.78 is 0. The molecule has 8 heteroatoms. The molecule has 1 amide bonds. The van der Waals surface area contributed by atoms with E-state index in [2.05, 4.69) is 25.9 Å². The summed E-state index contributed by atoms with van der Waals surface area (Å²) in [4.78, 5) is 22.8. The number of nitrogens with one attached hydrogen (secondary N) is 2. The van der Waals surface area contributed by atoms with Crippen LogP contribution in [-0.4, -0.2) is 37.6 Å². The topological polar surface area (TPSA) is 121 Å². The molecule has 18 heavy (non-hydrogen) atoms. The van der Waals surface area contributed by atoms with Crippen LogP contribution in [-0.2, 0) is 4.79 Å². The number of benzene rings is 1. The fourth-order valence-electron chi connectivity index (χ4n) is 1.39. The van der Waals surface area contributed by atoms with E-state index in [0.717, 1.165) is 0 Å². The summed E-state index contributed by atoms with van der Waals surface area (Å²) in [5, 5.41) is 23.7. The second kappa shape index (κ2) is 5.04. The Morgan fingerprint density at radius 3 is 2.56 bits per heavy atom. The first kappa shape index (κ1) is 11.7. The third-order valence-electron chi connectivity index (χ3n) is 2.20. The maximum atomic E-state index is 11.6. The number of hydrogen-bond donors (Lipinski definition) is 3. The fraction of sp³-hybridized carbons (Fsp3) is 0.100. The number of carbonyl (C=O) groups excluding carboxylic acids is 1. The van der Waals surface area contributed by atoms with Crippen molar-refractivity contribution in [1.82, 2.24) is 25.9 Å². The zero-order valence-electron chi connectivity index (χ0n) is 9.07. The van der Waals surface area contributed by atoms with Gasteiger partial charge in [0.1, 0.15) is 0 Å². The van der Waals surface area contributed by atoms with E-state index in [4.69, 9.17) is 5.11 Å². The molecule has 0 aliphatic carbocycles. The number of rotatable bonds is 4. The zero-order chi connectivity index (χ0) is 13.0. The third kappa shape index (κ3) is 2.48. The smallest absolute Gasteiger partial charge is 0.330 e. The van der Waals surface area contributed by atoms with Crippen molar-refractivity contribution in [2.75, 3.05) is 0 Å². The van der Waals surface area contributed by atoms with Gasteiger partial charge in [0.15, 0.2) is 6.04 Å². The number of tetrazole rings is 1. The predicted octanol–water partition coefficient (Wildman–Crippen LogP) is -0.245. The number of H-pyrrole nitrogens is 1. The van der Waals surface area contributed by atoms with E-state index < -0.39 is 17.9 Å². The Morgan fingerprint density at radius 1 is 1.28 bits per heavy atom. The average Bonchev–Trinajstić information content (AvgIpc) is 2.90. The third-order valence-corrected chi connectivity index (χ3v) is 2.20. The van der Waals surface area contributed by atoms with Crippen molar-refractivity contribution in [3.05, 3.63) is 41.7 Å². The highest BCUT2D eigenvalue weighted by molar-refractivity contribution is 5.93. The number of aromatic nitrogens is 4. The summed E-state index contributed by atoms with van der Waals surface area (Å²) in [5.74, 6) is -2.09. The lowest BCUT2D eigenvalue weighted by Crippen LogP contribution is -2.34. The molecule has 0 bridgehead atoms. The molecule has 0 saturated heterocycles. The summed E-state index contributed by atoms with van der Waals surface area (Å²) in [7, 11) is 0.